The normalized spacial score (nSPS) is 14.9. The SMILES string of the molecule is CCCC(=O)N1c2ccccc2-c2c(=O)[nH]c(SC)n[n+]2[C@@H]1c1cccc(Cl)c1Cl. The lowest BCUT2D eigenvalue weighted by Gasteiger charge is -2.32. The van der Waals surface area contributed by atoms with Crippen LogP contribution in [0.3, 0.4) is 0 Å². The van der Waals surface area contributed by atoms with Gasteiger partial charge < -0.3 is 0 Å². The highest BCUT2D eigenvalue weighted by Crippen LogP contribution is 2.40. The zero-order valence-corrected chi connectivity index (χ0v) is 18.7. The molecule has 0 saturated carbocycles. The molecule has 154 valence electrons. The Balaban J connectivity index is 2.10. The second-order valence-corrected chi connectivity index (χ2v) is 8.38. The Labute approximate surface area is 187 Å². The first kappa shape index (κ1) is 20.9. The number of nitrogens with zero attached hydrogens (tertiary/aromatic N) is 3. The van der Waals surface area contributed by atoms with Gasteiger partial charge in [0.15, 0.2) is 0 Å². The molecule has 6 nitrogen and oxygen atoms in total. The molecule has 1 aliphatic heterocycles. The molecule has 1 N–H and O–H groups in total. The van der Waals surface area contributed by atoms with E-state index in [4.69, 9.17) is 23.2 Å². The van der Waals surface area contributed by atoms with Crippen LogP contribution < -0.4 is 15.1 Å². The van der Waals surface area contributed by atoms with Crippen LogP contribution in [0.15, 0.2) is 52.4 Å². The zero-order chi connectivity index (χ0) is 21.4. The Hall–Kier alpha value is -2.35. The molecule has 1 aliphatic rings. The van der Waals surface area contributed by atoms with Gasteiger partial charge in [-0.25, -0.2) is 4.90 Å². The molecule has 0 bridgehead atoms. The number of para-hydroxylation sites is 1. The summed E-state index contributed by atoms with van der Waals surface area (Å²) in [5, 5.41) is 5.77. The number of amides is 1. The molecule has 0 spiro atoms. The fourth-order valence-electron chi connectivity index (χ4n) is 3.67. The summed E-state index contributed by atoms with van der Waals surface area (Å²) in [6.45, 7) is 1.95. The van der Waals surface area contributed by atoms with E-state index in [0.717, 1.165) is 0 Å². The quantitative estimate of drug-likeness (QED) is 0.460. The van der Waals surface area contributed by atoms with Crippen LogP contribution in [0.2, 0.25) is 10.0 Å². The minimum absolute atomic E-state index is 0.0862. The van der Waals surface area contributed by atoms with Gasteiger partial charge in [0.1, 0.15) is 0 Å². The van der Waals surface area contributed by atoms with Gasteiger partial charge in [-0.1, -0.05) is 60.1 Å². The van der Waals surface area contributed by atoms with Crippen molar-refractivity contribution in [2.24, 2.45) is 0 Å². The molecule has 30 heavy (non-hydrogen) atoms. The summed E-state index contributed by atoms with van der Waals surface area (Å²) in [5.74, 6) is -0.0862. The number of H-pyrrole nitrogens is 1. The number of anilines is 1. The summed E-state index contributed by atoms with van der Waals surface area (Å²) in [6, 6.07) is 12.6. The largest absolute Gasteiger partial charge is 0.325 e. The Morgan fingerprint density at radius 1 is 1.23 bits per heavy atom. The topological polar surface area (TPSA) is 69.9 Å². The van der Waals surface area contributed by atoms with Crippen molar-refractivity contribution in [2.75, 3.05) is 11.2 Å². The first-order chi connectivity index (χ1) is 14.5. The van der Waals surface area contributed by atoms with Gasteiger partial charge in [-0.05, 0) is 41.6 Å². The average molecular weight is 462 g/mol. The molecule has 0 saturated heterocycles. The van der Waals surface area contributed by atoms with Crippen LogP contribution in [0, 0.1) is 0 Å². The molecule has 2 heterocycles. The van der Waals surface area contributed by atoms with Crippen molar-refractivity contribution in [1.29, 1.82) is 0 Å². The van der Waals surface area contributed by atoms with Crippen LogP contribution in [0.4, 0.5) is 5.69 Å². The van der Waals surface area contributed by atoms with Gasteiger partial charge in [0.25, 0.3) is 6.17 Å². The number of nitrogens with one attached hydrogen (secondary N) is 1. The Morgan fingerprint density at radius 3 is 2.73 bits per heavy atom. The van der Waals surface area contributed by atoms with Crippen LogP contribution in [-0.4, -0.2) is 22.2 Å². The molecule has 4 rings (SSSR count). The summed E-state index contributed by atoms with van der Waals surface area (Å²) in [7, 11) is 0. The Kier molecular flexibility index (Phi) is 5.86. The Morgan fingerprint density at radius 2 is 2.00 bits per heavy atom. The number of carbonyl (C=O) groups is 1. The first-order valence-electron chi connectivity index (χ1n) is 9.43. The number of thioether (sulfide) groups is 1. The maximum atomic E-state index is 13.3. The molecule has 1 aromatic heterocycles. The van der Waals surface area contributed by atoms with Crippen molar-refractivity contribution in [2.45, 2.75) is 31.1 Å². The standard InChI is InChI=1S/C21H18Cl2N4O2S/c1-3-7-16(28)26-15-11-5-4-8-12(15)18-19(29)24-21(30-2)25-27(18)20(26)13-9-6-10-14(22)17(13)23/h4-6,8-11,20H,3,7H2,1-2H3/p+1/t20-/m1/s1. The number of aromatic nitrogens is 3. The van der Waals surface area contributed by atoms with E-state index in [1.165, 1.54) is 11.8 Å². The van der Waals surface area contributed by atoms with E-state index in [1.54, 1.807) is 27.8 Å². The minimum atomic E-state index is -0.742. The van der Waals surface area contributed by atoms with Gasteiger partial charge in [-0.3, -0.25) is 14.6 Å². The van der Waals surface area contributed by atoms with Gasteiger partial charge in [-0.15, -0.1) is 0 Å². The molecule has 3 aromatic rings. The maximum absolute atomic E-state index is 13.3. The third-order valence-corrected chi connectivity index (χ3v) is 6.35. The highest BCUT2D eigenvalue weighted by atomic mass is 35.5. The van der Waals surface area contributed by atoms with Gasteiger partial charge in [0.2, 0.25) is 11.1 Å². The smallest absolute Gasteiger partial charge is 0.291 e. The molecule has 2 aromatic carbocycles. The predicted molar refractivity (Wildman–Crippen MR) is 119 cm³/mol. The number of fused-ring (bicyclic) bond motifs is 3. The number of halogens is 2. The number of aromatic amines is 1. The molecule has 0 fully saturated rings. The molecule has 1 atom stereocenters. The van der Waals surface area contributed by atoms with E-state index in [2.05, 4.69) is 10.1 Å². The summed E-state index contributed by atoms with van der Waals surface area (Å²) >= 11 is 14.2. The van der Waals surface area contributed by atoms with Gasteiger partial charge in [0, 0.05) is 11.5 Å². The molecular formula is C21H19Cl2N4O2S+. The van der Waals surface area contributed by atoms with Crippen LogP contribution in [-0.2, 0) is 4.79 Å². The molecule has 1 amide bonds. The third-order valence-electron chi connectivity index (χ3n) is 4.94. The number of carbonyl (C=O) groups excluding carboxylic acids is 1. The van der Waals surface area contributed by atoms with Gasteiger partial charge in [-0.2, -0.15) is 0 Å². The summed E-state index contributed by atoms with van der Waals surface area (Å²) in [6.07, 6.45) is 2.11. The average Bonchev–Trinajstić information content (AvgIpc) is 2.74. The van der Waals surface area contributed by atoms with Crippen molar-refractivity contribution in [1.82, 2.24) is 10.1 Å². The first-order valence-corrected chi connectivity index (χ1v) is 11.4. The highest BCUT2D eigenvalue weighted by molar-refractivity contribution is 7.98. The van der Waals surface area contributed by atoms with Crippen LogP contribution >= 0.6 is 35.0 Å². The van der Waals surface area contributed by atoms with Crippen molar-refractivity contribution < 1.29 is 9.48 Å². The fourth-order valence-corrected chi connectivity index (χ4v) is 4.44. The fraction of sp³-hybridized carbons (Fsp3) is 0.238. The maximum Gasteiger partial charge on any atom is 0.325 e. The van der Waals surface area contributed by atoms with Gasteiger partial charge >= 0.3 is 11.3 Å². The number of benzene rings is 2. The molecule has 0 aliphatic carbocycles. The summed E-state index contributed by atoms with van der Waals surface area (Å²) < 4.78 is 1.58. The van der Waals surface area contributed by atoms with E-state index < -0.39 is 6.17 Å². The molecule has 9 heteroatoms. The zero-order valence-electron chi connectivity index (χ0n) is 16.4. The van der Waals surface area contributed by atoms with Crippen LogP contribution in [0.5, 0.6) is 0 Å². The summed E-state index contributed by atoms with van der Waals surface area (Å²) in [5.41, 5.74) is 1.95. The monoisotopic (exact) mass is 461 g/mol. The lowest BCUT2D eigenvalue weighted by atomic mass is 10.0. The summed E-state index contributed by atoms with van der Waals surface area (Å²) in [4.78, 5) is 30.8. The van der Waals surface area contributed by atoms with E-state index >= 15 is 0 Å². The van der Waals surface area contributed by atoms with Crippen LogP contribution in [0.1, 0.15) is 31.5 Å². The van der Waals surface area contributed by atoms with Crippen LogP contribution in [0.25, 0.3) is 11.3 Å². The lowest BCUT2D eigenvalue weighted by molar-refractivity contribution is -0.763. The van der Waals surface area contributed by atoms with Crippen molar-refractivity contribution in [3.63, 3.8) is 0 Å². The third kappa shape index (κ3) is 3.41. The van der Waals surface area contributed by atoms with E-state index in [-0.39, 0.29) is 11.5 Å². The van der Waals surface area contributed by atoms with Gasteiger partial charge in [0.05, 0.1) is 26.9 Å². The second kappa shape index (κ2) is 8.41. The minimum Gasteiger partial charge on any atom is -0.291 e. The number of hydrogen-bond donors (Lipinski definition) is 1. The molecule has 0 radical (unpaired) electrons. The predicted octanol–water partition coefficient (Wildman–Crippen LogP) is 4.45. The second-order valence-electron chi connectivity index (χ2n) is 6.80. The van der Waals surface area contributed by atoms with E-state index in [0.29, 0.717) is 50.6 Å². The van der Waals surface area contributed by atoms with E-state index in [1.807, 2.05) is 37.4 Å². The van der Waals surface area contributed by atoms with Crippen molar-refractivity contribution >= 4 is 46.6 Å². The van der Waals surface area contributed by atoms with Crippen molar-refractivity contribution in [3.05, 3.63) is 68.4 Å². The highest BCUT2D eigenvalue weighted by Gasteiger charge is 2.46. The number of rotatable bonds is 4. The van der Waals surface area contributed by atoms with Crippen molar-refractivity contribution in [3.8, 4) is 11.3 Å². The lowest BCUT2D eigenvalue weighted by Crippen LogP contribution is -2.61. The van der Waals surface area contributed by atoms with E-state index in [9.17, 15) is 9.59 Å². The molecular weight excluding hydrogens is 443 g/mol. The molecule has 0 unspecified atom stereocenters. The Bertz CT molecular complexity index is 1200. The number of hydrogen-bond acceptors (Lipinski definition) is 4.